The van der Waals surface area contributed by atoms with Gasteiger partial charge in [-0.15, -0.1) is 0 Å². The summed E-state index contributed by atoms with van der Waals surface area (Å²) in [6.45, 7) is 1.53. The molecule has 33 heavy (non-hydrogen) atoms. The van der Waals surface area contributed by atoms with Gasteiger partial charge >= 0.3 is 12.4 Å². The lowest BCUT2D eigenvalue weighted by Gasteiger charge is -2.17. The summed E-state index contributed by atoms with van der Waals surface area (Å²) in [5.74, 6) is -0.710. The van der Waals surface area contributed by atoms with E-state index in [9.17, 15) is 31.1 Å². The largest absolute Gasteiger partial charge is 0.416 e. The summed E-state index contributed by atoms with van der Waals surface area (Å²) < 4.78 is 81.9. The fourth-order valence-corrected chi connectivity index (χ4v) is 4.00. The molecule has 0 aliphatic rings. The first kappa shape index (κ1) is 22.7. The minimum atomic E-state index is -4.99. The lowest BCUT2D eigenvalue weighted by Crippen LogP contribution is -2.15. The first-order chi connectivity index (χ1) is 15.4. The smallest absolute Gasteiger partial charge is 0.366 e. The average Bonchev–Trinajstić information content (AvgIpc) is 3.05. The van der Waals surface area contributed by atoms with E-state index in [4.69, 9.17) is 5.73 Å². The predicted octanol–water partition coefficient (Wildman–Crippen LogP) is 6.34. The van der Waals surface area contributed by atoms with Crippen molar-refractivity contribution >= 4 is 27.7 Å². The van der Waals surface area contributed by atoms with E-state index in [0.29, 0.717) is 34.3 Å². The maximum Gasteiger partial charge on any atom is 0.416 e. The highest BCUT2D eigenvalue weighted by molar-refractivity contribution is 6.17. The van der Waals surface area contributed by atoms with E-state index < -0.39 is 29.4 Å². The number of halogens is 6. The van der Waals surface area contributed by atoms with E-state index in [0.717, 1.165) is 11.6 Å². The van der Waals surface area contributed by atoms with Gasteiger partial charge in [-0.2, -0.15) is 26.3 Å². The SMILES string of the molecule is CCc1c[c]c2c3c(C(N)=O)cccc3n(Cc3ccc(C(F)(F)F)cc3C(F)(F)F)c2c1. The van der Waals surface area contributed by atoms with Crippen LogP contribution in [0.25, 0.3) is 21.8 Å². The van der Waals surface area contributed by atoms with Gasteiger partial charge in [0.25, 0.3) is 0 Å². The van der Waals surface area contributed by atoms with Gasteiger partial charge in [-0.3, -0.25) is 4.79 Å². The van der Waals surface area contributed by atoms with E-state index in [-0.39, 0.29) is 23.7 Å². The highest BCUT2D eigenvalue weighted by Crippen LogP contribution is 2.39. The van der Waals surface area contributed by atoms with E-state index in [1.54, 1.807) is 28.8 Å². The summed E-state index contributed by atoms with van der Waals surface area (Å²) in [4.78, 5) is 12.0. The third-order valence-electron chi connectivity index (χ3n) is 5.60. The average molecular weight is 463 g/mol. The number of carbonyl (C=O) groups excluding carboxylic acids is 1. The van der Waals surface area contributed by atoms with Crippen molar-refractivity contribution in [2.75, 3.05) is 0 Å². The number of aromatic nitrogens is 1. The zero-order valence-corrected chi connectivity index (χ0v) is 17.2. The molecule has 0 fully saturated rings. The normalized spacial score (nSPS) is 12.6. The lowest BCUT2D eigenvalue weighted by atomic mass is 10.0. The van der Waals surface area contributed by atoms with Gasteiger partial charge in [0.2, 0.25) is 5.91 Å². The highest BCUT2D eigenvalue weighted by atomic mass is 19.4. The van der Waals surface area contributed by atoms with Crippen LogP contribution in [0.15, 0.2) is 48.5 Å². The zero-order valence-electron chi connectivity index (χ0n) is 17.2. The van der Waals surface area contributed by atoms with Crippen LogP contribution in [0.5, 0.6) is 0 Å². The number of nitrogens with zero attached hydrogens (tertiary/aromatic N) is 1. The van der Waals surface area contributed by atoms with Gasteiger partial charge < -0.3 is 10.3 Å². The standard InChI is InChI=1S/C24H17F6N2O/c1-2-13-6-9-16-20(10-13)32(19-5-3-4-17(21(16)19)22(31)33)12-14-7-8-15(23(25,26)27)11-18(14)24(28,29)30/h3-8,10-11H,2,12H2,1H3,(H2,31,33). The van der Waals surface area contributed by atoms with Crippen LogP contribution in [-0.2, 0) is 25.3 Å². The molecule has 0 spiro atoms. The number of nitrogens with two attached hydrogens (primary N) is 1. The Labute approximate surface area is 184 Å². The van der Waals surface area contributed by atoms with E-state index in [2.05, 4.69) is 6.07 Å². The Morgan fingerprint density at radius 3 is 2.33 bits per heavy atom. The van der Waals surface area contributed by atoms with Crippen LogP contribution in [0.3, 0.4) is 0 Å². The molecule has 0 saturated carbocycles. The second kappa shape index (κ2) is 7.83. The molecule has 4 aromatic rings. The third-order valence-corrected chi connectivity index (χ3v) is 5.60. The topological polar surface area (TPSA) is 48.0 Å². The van der Waals surface area contributed by atoms with Crippen LogP contribution >= 0.6 is 0 Å². The van der Waals surface area contributed by atoms with Crippen molar-refractivity contribution in [3.05, 3.63) is 82.4 Å². The van der Waals surface area contributed by atoms with Crippen molar-refractivity contribution in [2.45, 2.75) is 32.2 Å². The molecule has 4 rings (SSSR count). The number of fused-ring (bicyclic) bond motifs is 3. The van der Waals surface area contributed by atoms with Gasteiger partial charge in [0.15, 0.2) is 0 Å². The fraction of sp³-hybridized carbons (Fsp3) is 0.208. The van der Waals surface area contributed by atoms with Gasteiger partial charge in [-0.05, 0) is 53.9 Å². The number of hydrogen-bond acceptors (Lipinski definition) is 1. The lowest BCUT2D eigenvalue weighted by molar-refractivity contribution is -0.143. The second-order valence-electron chi connectivity index (χ2n) is 7.64. The Morgan fingerprint density at radius 2 is 1.73 bits per heavy atom. The molecule has 1 radical (unpaired) electrons. The number of benzene rings is 3. The van der Waals surface area contributed by atoms with Crippen molar-refractivity contribution in [2.24, 2.45) is 5.73 Å². The minimum absolute atomic E-state index is 0.127. The van der Waals surface area contributed by atoms with Gasteiger partial charge in [0.05, 0.1) is 22.2 Å². The molecule has 1 heterocycles. The summed E-state index contributed by atoms with van der Waals surface area (Å²) in [6, 6.07) is 12.9. The molecule has 0 saturated heterocycles. The van der Waals surface area contributed by atoms with Crippen molar-refractivity contribution in [3.8, 4) is 0 Å². The molecular formula is C24H17F6N2O. The van der Waals surface area contributed by atoms with Crippen molar-refractivity contribution in [3.63, 3.8) is 0 Å². The van der Waals surface area contributed by atoms with Crippen LogP contribution in [0.2, 0.25) is 0 Å². The Kier molecular flexibility index (Phi) is 5.38. The number of carbonyl (C=O) groups is 1. The molecule has 171 valence electrons. The third kappa shape index (κ3) is 4.03. The minimum Gasteiger partial charge on any atom is -0.366 e. The molecular weight excluding hydrogens is 446 g/mol. The highest BCUT2D eigenvalue weighted by Gasteiger charge is 2.38. The van der Waals surface area contributed by atoms with E-state index in [1.165, 1.54) is 6.07 Å². The maximum absolute atomic E-state index is 13.7. The molecule has 0 unspecified atom stereocenters. The van der Waals surface area contributed by atoms with E-state index >= 15 is 0 Å². The quantitative estimate of drug-likeness (QED) is 0.353. The molecule has 3 nitrogen and oxygen atoms in total. The maximum atomic E-state index is 13.7. The summed E-state index contributed by atoms with van der Waals surface area (Å²) in [5.41, 5.74) is 4.41. The second-order valence-corrected chi connectivity index (χ2v) is 7.64. The van der Waals surface area contributed by atoms with Crippen LogP contribution in [0.1, 0.15) is 39.5 Å². The monoisotopic (exact) mass is 463 g/mol. The molecule has 0 aliphatic heterocycles. The Morgan fingerprint density at radius 1 is 1.00 bits per heavy atom. The van der Waals surface area contributed by atoms with Crippen LogP contribution in [0.4, 0.5) is 26.3 Å². The molecule has 0 bridgehead atoms. The summed E-state index contributed by atoms with van der Waals surface area (Å²) in [5, 5.41) is 0.931. The van der Waals surface area contributed by atoms with Crippen LogP contribution < -0.4 is 5.73 Å². The number of aryl methyl sites for hydroxylation is 1. The van der Waals surface area contributed by atoms with Crippen LogP contribution in [0, 0.1) is 6.07 Å². The molecule has 1 aromatic heterocycles. The number of hydrogen-bond donors (Lipinski definition) is 1. The molecule has 1 amide bonds. The summed E-state index contributed by atoms with van der Waals surface area (Å²) >= 11 is 0. The number of rotatable bonds is 4. The molecule has 9 heteroatoms. The Hall–Kier alpha value is -3.49. The molecule has 2 N–H and O–H groups in total. The summed E-state index contributed by atoms with van der Waals surface area (Å²) in [6.07, 6.45) is -9.27. The van der Waals surface area contributed by atoms with Gasteiger partial charge in [-0.25, -0.2) is 0 Å². The molecule has 3 aromatic carbocycles. The van der Waals surface area contributed by atoms with E-state index in [1.807, 2.05) is 6.92 Å². The van der Waals surface area contributed by atoms with Gasteiger partial charge in [0, 0.05) is 22.9 Å². The number of amides is 1. The predicted molar refractivity (Wildman–Crippen MR) is 112 cm³/mol. The van der Waals surface area contributed by atoms with Gasteiger partial charge in [0.1, 0.15) is 0 Å². The van der Waals surface area contributed by atoms with Crippen molar-refractivity contribution in [1.82, 2.24) is 4.57 Å². The Balaban J connectivity index is 2.01. The zero-order chi connectivity index (χ0) is 24.1. The fourth-order valence-electron chi connectivity index (χ4n) is 4.00. The number of primary amides is 1. The van der Waals surface area contributed by atoms with Gasteiger partial charge in [-0.1, -0.05) is 25.1 Å². The Bertz CT molecular complexity index is 1380. The summed E-state index contributed by atoms with van der Waals surface area (Å²) in [7, 11) is 0. The first-order valence-corrected chi connectivity index (χ1v) is 9.94. The molecule has 0 aliphatic carbocycles. The number of alkyl halides is 6. The van der Waals surface area contributed by atoms with Crippen LogP contribution in [-0.4, -0.2) is 10.5 Å². The molecule has 0 atom stereocenters. The first-order valence-electron chi connectivity index (χ1n) is 9.94. The van der Waals surface area contributed by atoms with Crippen molar-refractivity contribution in [1.29, 1.82) is 0 Å². The van der Waals surface area contributed by atoms with Crippen molar-refractivity contribution < 1.29 is 31.1 Å².